The van der Waals surface area contributed by atoms with Gasteiger partial charge in [-0.2, -0.15) is 0 Å². The van der Waals surface area contributed by atoms with Gasteiger partial charge in [0.05, 0.1) is 16.1 Å². The third-order valence-corrected chi connectivity index (χ3v) is 8.47. The van der Waals surface area contributed by atoms with Crippen LogP contribution in [0.25, 0.3) is 11.1 Å². The Balaban J connectivity index is 1.44. The van der Waals surface area contributed by atoms with Crippen molar-refractivity contribution in [1.29, 1.82) is 0 Å². The van der Waals surface area contributed by atoms with E-state index in [9.17, 15) is 0 Å². The molecule has 6 heteroatoms. The van der Waals surface area contributed by atoms with Crippen molar-refractivity contribution in [3.63, 3.8) is 0 Å². The second-order valence-corrected chi connectivity index (χ2v) is 11.0. The summed E-state index contributed by atoms with van der Waals surface area (Å²) in [5.74, 6) is 0.821. The van der Waals surface area contributed by atoms with Crippen molar-refractivity contribution in [3.05, 3.63) is 92.4 Å². The van der Waals surface area contributed by atoms with Crippen molar-refractivity contribution in [2.75, 3.05) is 5.32 Å². The van der Waals surface area contributed by atoms with E-state index in [1.54, 1.807) is 10.3 Å². The Labute approximate surface area is 200 Å². The molecule has 162 valence electrons. The first-order valence-electron chi connectivity index (χ1n) is 10.4. The molecule has 0 fully saturated rings. The summed E-state index contributed by atoms with van der Waals surface area (Å²) < 4.78 is 6.97. The molecule has 0 saturated heterocycles. The van der Waals surface area contributed by atoms with Gasteiger partial charge in [0, 0.05) is 21.8 Å². The number of nitrogens with one attached hydrogen (secondary N) is 1. The molecule has 1 N–H and O–H groups in total. The van der Waals surface area contributed by atoms with Crippen LogP contribution in [0.5, 0.6) is 5.75 Å². The normalized spacial score (nSPS) is 14.4. The van der Waals surface area contributed by atoms with Crippen molar-refractivity contribution in [2.24, 2.45) is 4.99 Å². The third-order valence-electron chi connectivity index (χ3n) is 5.58. The van der Waals surface area contributed by atoms with Gasteiger partial charge in [0.15, 0.2) is 0 Å². The monoisotopic (exact) mass is 478 g/mol. The number of hydrogen-bond donors (Lipinski definition) is 1. The average molecular weight is 479 g/mol. The Morgan fingerprint density at radius 1 is 0.969 bits per heavy atom. The van der Waals surface area contributed by atoms with Gasteiger partial charge in [-0.05, 0) is 68.3 Å². The number of benzene rings is 3. The minimum atomic E-state index is -0.122. The smallest absolute Gasteiger partial charge is 0.135 e. The molecule has 1 aliphatic heterocycles. The molecule has 3 aromatic carbocycles. The molecular weight excluding hydrogens is 456 g/mol. The minimum absolute atomic E-state index is 0.122. The van der Waals surface area contributed by atoms with Gasteiger partial charge in [-0.15, -0.1) is 0 Å². The van der Waals surface area contributed by atoms with E-state index in [1.807, 2.05) is 58.9 Å². The quantitative estimate of drug-likeness (QED) is 0.302. The van der Waals surface area contributed by atoms with Gasteiger partial charge in [0.25, 0.3) is 0 Å². The van der Waals surface area contributed by atoms with Crippen LogP contribution in [0.15, 0.2) is 71.7 Å². The number of fused-ring (bicyclic) bond motifs is 3. The summed E-state index contributed by atoms with van der Waals surface area (Å²) in [6.07, 6.45) is 0. The molecule has 0 unspecified atom stereocenters. The van der Waals surface area contributed by atoms with Gasteiger partial charge < -0.3 is 10.1 Å². The lowest BCUT2D eigenvalue weighted by Crippen LogP contribution is -2.32. The molecule has 0 atom stereocenters. The summed E-state index contributed by atoms with van der Waals surface area (Å²) in [7, 11) is 3.55. The van der Waals surface area contributed by atoms with Gasteiger partial charge in [0.2, 0.25) is 0 Å². The van der Waals surface area contributed by atoms with Crippen LogP contribution < -0.4 is 14.7 Å². The summed E-state index contributed by atoms with van der Waals surface area (Å²) >= 11 is 5.95. The fraction of sp³-hybridized carbons (Fsp3) is 0.192. The van der Waals surface area contributed by atoms with Gasteiger partial charge >= 0.3 is 0 Å². The van der Waals surface area contributed by atoms with E-state index in [0.29, 0.717) is 6.61 Å². The van der Waals surface area contributed by atoms with Crippen LogP contribution in [0.3, 0.4) is 0 Å². The van der Waals surface area contributed by atoms with Crippen LogP contribution in [0.1, 0.15) is 29.9 Å². The largest absolute Gasteiger partial charge is 0.489 e. The topological polar surface area (TPSA) is 33.6 Å². The van der Waals surface area contributed by atoms with Crippen molar-refractivity contribution >= 4 is 43.7 Å². The highest BCUT2D eigenvalue weighted by Crippen LogP contribution is 2.46. The Morgan fingerprint density at radius 3 is 2.47 bits per heavy atom. The lowest BCUT2D eigenvalue weighted by atomic mass is 9.88. The Hall–Kier alpha value is -2.60. The molecule has 0 radical (unpaired) electrons. The summed E-state index contributed by atoms with van der Waals surface area (Å²) in [6, 6.07) is 22.1. The number of ether oxygens (including phenoxy) is 1. The maximum absolute atomic E-state index is 5.95. The lowest BCUT2D eigenvalue weighted by Gasteiger charge is -2.34. The third kappa shape index (κ3) is 4.08. The van der Waals surface area contributed by atoms with E-state index in [4.69, 9.17) is 21.3 Å². The van der Waals surface area contributed by atoms with E-state index >= 15 is 0 Å². The maximum Gasteiger partial charge on any atom is 0.135 e. The summed E-state index contributed by atoms with van der Waals surface area (Å²) in [5.41, 5.74) is 6.83. The van der Waals surface area contributed by atoms with Gasteiger partial charge in [-0.1, -0.05) is 62.6 Å². The first kappa shape index (κ1) is 21.3. The first-order chi connectivity index (χ1) is 15.4. The van der Waals surface area contributed by atoms with Gasteiger partial charge in [0.1, 0.15) is 17.0 Å². The molecule has 3 nitrogen and oxygen atoms in total. The minimum Gasteiger partial charge on any atom is -0.489 e. The van der Waals surface area contributed by atoms with Crippen LogP contribution in [-0.4, -0.2) is 0 Å². The van der Waals surface area contributed by atoms with Gasteiger partial charge in [-0.25, -0.2) is 4.99 Å². The zero-order valence-corrected chi connectivity index (χ0v) is 20.5. The van der Waals surface area contributed by atoms with Crippen molar-refractivity contribution in [2.45, 2.75) is 32.9 Å². The number of hydrogen-bond acceptors (Lipinski definition) is 5. The highest BCUT2D eigenvalue weighted by molar-refractivity contribution is 7.68. The van der Waals surface area contributed by atoms with Crippen molar-refractivity contribution in [3.8, 4) is 16.9 Å². The zero-order chi connectivity index (χ0) is 22.3. The molecule has 4 aromatic rings. The van der Waals surface area contributed by atoms with Crippen LogP contribution >= 0.6 is 32.3 Å². The Kier molecular flexibility index (Phi) is 5.58. The van der Waals surface area contributed by atoms with E-state index < -0.39 is 0 Å². The number of halogens is 1. The van der Waals surface area contributed by atoms with E-state index in [2.05, 4.69) is 44.3 Å². The summed E-state index contributed by atoms with van der Waals surface area (Å²) in [6.45, 7) is 7.14. The van der Waals surface area contributed by atoms with Crippen LogP contribution in [0.4, 0.5) is 11.4 Å². The molecule has 0 saturated carbocycles. The zero-order valence-electron chi connectivity index (χ0n) is 18.1. The number of para-hydroxylation sites is 1. The average Bonchev–Trinajstić information content (AvgIpc) is 3.20. The fourth-order valence-corrected chi connectivity index (χ4v) is 6.95. The first-order valence-corrected chi connectivity index (χ1v) is 13.0. The van der Waals surface area contributed by atoms with Crippen molar-refractivity contribution < 1.29 is 4.74 Å². The lowest BCUT2D eigenvalue weighted by molar-refractivity contribution is 0.306. The highest BCUT2D eigenvalue weighted by Gasteiger charge is 2.34. The summed E-state index contributed by atoms with van der Waals surface area (Å²) in [4.78, 5) is 6.34. The van der Waals surface area contributed by atoms with E-state index in [-0.39, 0.29) is 5.54 Å². The Morgan fingerprint density at radius 2 is 1.72 bits per heavy atom. The molecular formula is C26H23ClN2OS2. The molecule has 2 heterocycles. The molecule has 1 aliphatic rings. The number of aryl methyl sites for hydroxylation is 1. The predicted octanol–water partition coefficient (Wildman–Crippen LogP) is 7.91. The fourth-order valence-electron chi connectivity index (χ4n) is 3.88. The van der Waals surface area contributed by atoms with Gasteiger partial charge in [-0.3, -0.25) is 0 Å². The second-order valence-electron chi connectivity index (χ2n) is 8.44. The van der Waals surface area contributed by atoms with E-state index in [0.717, 1.165) is 26.7 Å². The van der Waals surface area contributed by atoms with Crippen molar-refractivity contribution in [1.82, 2.24) is 0 Å². The second kappa shape index (κ2) is 8.39. The van der Waals surface area contributed by atoms with Crippen LogP contribution in [0.2, 0.25) is 5.02 Å². The molecule has 0 bridgehead atoms. The van der Waals surface area contributed by atoms with Crippen LogP contribution in [-0.2, 0) is 12.1 Å². The summed E-state index contributed by atoms with van der Waals surface area (Å²) in [5, 5.41) is 4.46. The molecule has 32 heavy (non-hydrogen) atoms. The predicted molar refractivity (Wildman–Crippen MR) is 136 cm³/mol. The maximum atomic E-state index is 5.95. The molecule has 0 spiro atoms. The SMILES string of the molecule is Cc1cccc2c1NC(C)(C)c1ssc(=Nc3ccc(OCc4ccc(Cl)cc4)cc3)c1-2. The molecule has 1 aromatic heterocycles. The van der Waals surface area contributed by atoms with Crippen LogP contribution in [0, 0.1) is 6.92 Å². The molecule has 5 rings (SSSR count). The number of rotatable bonds is 4. The number of anilines is 1. The Bertz CT molecular complexity index is 1340. The highest BCUT2D eigenvalue weighted by atomic mass is 35.5. The standard InChI is InChI=1S/C26H23ClN2OS2/c1-16-5-4-6-21-22-24(26(2,3)29-23(16)21)31-32-25(22)28-19-11-13-20(14-12-19)30-15-17-7-9-18(27)10-8-17/h4-14,29H,15H2,1-3H3. The van der Waals surface area contributed by atoms with E-state index in [1.165, 1.54) is 27.3 Å². The molecule has 0 amide bonds. The number of nitrogens with zero attached hydrogens (tertiary/aromatic N) is 1. The molecule has 0 aliphatic carbocycles.